The first kappa shape index (κ1) is 25.9. The van der Waals surface area contributed by atoms with Crippen LogP contribution in [0.4, 0.5) is 4.39 Å². The highest BCUT2D eigenvalue weighted by atomic mass is 32.2. The Bertz CT molecular complexity index is 881. The van der Waals surface area contributed by atoms with E-state index in [1.165, 1.54) is 28.8 Å². The summed E-state index contributed by atoms with van der Waals surface area (Å²) >= 11 is 1.55. The lowest BCUT2D eigenvalue weighted by Crippen LogP contribution is -2.51. The number of benzene rings is 2. The van der Waals surface area contributed by atoms with Crippen molar-refractivity contribution in [1.29, 1.82) is 0 Å². The topological polar surface area (TPSA) is 49.4 Å². The van der Waals surface area contributed by atoms with Gasteiger partial charge in [0, 0.05) is 18.3 Å². The molecule has 0 radical (unpaired) electrons. The monoisotopic (exact) mass is 458 g/mol. The van der Waals surface area contributed by atoms with Gasteiger partial charge in [-0.25, -0.2) is 4.39 Å². The molecule has 174 valence electrons. The van der Waals surface area contributed by atoms with Crippen molar-refractivity contribution >= 4 is 23.6 Å². The molecule has 0 fully saturated rings. The van der Waals surface area contributed by atoms with E-state index in [0.29, 0.717) is 6.42 Å². The number of hydrogen-bond acceptors (Lipinski definition) is 3. The predicted molar refractivity (Wildman–Crippen MR) is 131 cm³/mol. The molecule has 2 aromatic carbocycles. The van der Waals surface area contributed by atoms with Crippen LogP contribution >= 0.6 is 11.8 Å². The van der Waals surface area contributed by atoms with Crippen molar-refractivity contribution in [1.82, 2.24) is 10.2 Å². The van der Waals surface area contributed by atoms with E-state index < -0.39 is 6.04 Å². The van der Waals surface area contributed by atoms with Crippen LogP contribution in [0.25, 0.3) is 0 Å². The highest BCUT2D eigenvalue weighted by Crippen LogP contribution is 2.19. The van der Waals surface area contributed by atoms with Crippen molar-refractivity contribution in [3.05, 3.63) is 70.5 Å². The minimum absolute atomic E-state index is 0.0401. The second-order valence-electron chi connectivity index (χ2n) is 8.38. The van der Waals surface area contributed by atoms with Gasteiger partial charge >= 0.3 is 0 Å². The molecule has 2 aromatic rings. The Morgan fingerprint density at radius 2 is 1.62 bits per heavy atom. The molecule has 2 atom stereocenters. The molecular formula is C26H35FN2O2S. The molecule has 32 heavy (non-hydrogen) atoms. The fourth-order valence-electron chi connectivity index (χ4n) is 3.64. The van der Waals surface area contributed by atoms with E-state index in [1.807, 2.05) is 20.8 Å². The number of hydrogen-bond donors (Lipinski definition) is 1. The normalized spacial score (nSPS) is 12.8. The van der Waals surface area contributed by atoms with Gasteiger partial charge in [0.2, 0.25) is 11.8 Å². The minimum atomic E-state index is -0.566. The van der Waals surface area contributed by atoms with Gasteiger partial charge < -0.3 is 10.2 Å². The summed E-state index contributed by atoms with van der Waals surface area (Å²) in [5.41, 5.74) is 4.40. The van der Waals surface area contributed by atoms with Crippen LogP contribution in [0.5, 0.6) is 0 Å². The lowest BCUT2D eigenvalue weighted by Gasteiger charge is -2.31. The number of carbonyl (C=O) groups excluding carboxylic acids is 2. The quantitative estimate of drug-likeness (QED) is 0.491. The molecule has 4 nitrogen and oxygen atoms in total. The number of halogens is 1. The van der Waals surface area contributed by atoms with E-state index in [0.717, 1.165) is 17.7 Å². The maximum Gasteiger partial charge on any atom is 0.243 e. The predicted octanol–water partition coefficient (Wildman–Crippen LogP) is 5.40. The molecule has 6 heteroatoms. The average Bonchev–Trinajstić information content (AvgIpc) is 2.74. The van der Waals surface area contributed by atoms with E-state index >= 15 is 0 Å². The van der Waals surface area contributed by atoms with E-state index in [4.69, 9.17) is 0 Å². The van der Waals surface area contributed by atoms with Crippen molar-refractivity contribution in [2.75, 3.05) is 5.75 Å². The molecule has 2 rings (SSSR count). The number of rotatable bonds is 11. The number of amides is 2. The van der Waals surface area contributed by atoms with Crippen molar-refractivity contribution < 1.29 is 14.0 Å². The SMILES string of the molecule is CC[C@@H](C)NC(=O)[C@@H](CC)N(Cc1ccc(F)cc1)C(=O)CSCc1cc(C)cc(C)c1. The van der Waals surface area contributed by atoms with E-state index in [9.17, 15) is 14.0 Å². The highest BCUT2D eigenvalue weighted by molar-refractivity contribution is 7.99. The molecule has 0 bridgehead atoms. The second-order valence-corrected chi connectivity index (χ2v) is 9.36. The van der Waals surface area contributed by atoms with Gasteiger partial charge in [0.05, 0.1) is 5.75 Å². The first-order chi connectivity index (χ1) is 15.2. The number of nitrogens with one attached hydrogen (secondary N) is 1. The molecule has 1 N–H and O–H groups in total. The second kappa shape index (κ2) is 12.6. The van der Waals surface area contributed by atoms with Gasteiger partial charge in [-0.1, -0.05) is 55.3 Å². The van der Waals surface area contributed by atoms with E-state index in [2.05, 4.69) is 37.4 Å². The summed E-state index contributed by atoms with van der Waals surface area (Å²) in [5.74, 6) is 0.458. The molecule has 0 heterocycles. The smallest absolute Gasteiger partial charge is 0.243 e. The number of thioether (sulfide) groups is 1. The third kappa shape index (κ3) is 7.97. The molecule has 0 aliphatic heterocycles. The number of nitrogens with zero attached hydrogens (tertiary/aromatic N) is 1. The molecule has 0 spiro atoms. The van der Waals surface area contributed by atoms with Gasteiger partial charge in [0.25, 0.3) is 0 Å². The zero-order chi connectivity index (χ0) is 23.7. The van der Waals surface area contributed by atoms with Gasteiger partial charge in [-0.3, -0.25) is 9.59 Å². The number of carbonyl (C=O) groups is 2. The first-order valence-corrected chi connectivity index (χ1v) is 12.4. The minimum Gasteiger partial charge on any atom is -0.352 e. The molecule has 0 saturated carbocycles. The average molecular weight is 459 g/mol. The van der Waals surface area contributed by atoms with Crippen molar-refractivity contribution in [2.24, 2.45) is 0 Å². The molecule has 0 aliphatic carbocycles. The summed E-state index contributed by atoms with van der Waals surface area (Å²) in [5, 5.41) is 3.01. The lowest BCUT2D eigenvalue weighted by atomic mass is 10.1. The largest absolute Gasteiger partial charge is 0.352 e. The first-order valence-electron chi connectivity index (χ1n) is 11.2. The summed E-state index contributed by atoms with van der Waals surface area (Å²) in [6, 6.07) is 12.0. The van der Waals surface area contributed by atoms with Gasteiger partial charge in [-0.15, -0.1) is 11.8 Å². The zero-order valence-electron chi connectivity index (χ0n) is 19.8. The number of aryl methyl sites for hydroxylation is 2. The highest BCUT2D eigenvalue weighted by Gasteiger charge is 2.29. The molecule has 0 aliphatic rings. The fourth-order valence-corrected chi connectivity index (χ4v) is 4.48. The summed E-state index contributed by atoms with van der Waals surface area (Å²) in [4.78, 5) is 27.8. The fraction of sp³-hybridized carbons (Fsp3) is 0.462. The van der Waals surface area contributed by atoms with Crippen LogP contribution in [0.2, 0.25) is 0 Å². The van der Waals surface area contributed by atoms with Crippen LogP contribution < -0.4 is 5.32 Å². The standard InChI is InChI=1S/C26H35FN2O2S/c1-6-20(5)28-26(31)24(7-2)29(15-21-8-10-23(27)11-9-21)25(30)17-32-16-22-13-18(3)12-19(4)14-22/h8-14,20,24H,6-7,15-17H2,1-5H3,(H,28,31)/t20-,24-/m1/s1. The maximum absolute atomic E-state index is 13.4. The van der Waals surface area contributed by atoms with E-state index in [1.54, 1.807) is 28.8 Å². The molecule has 0 saturated heterocycles. The Labute approximate surface area is 196 Å². The van der Waals surface area contributed by atoms with Crippen LogP contribution in [0.3, 0.4) is 0 Å². The van der Waals surface area contributed by atoms with Crippen LogP contribution in [0.1, 0.15) is 55.9 Å². The molecule has 0 unspecified atom stereocenters. The third-order valence-corrected chi connectivity index (χ3v) is 6.42. The Morgan fingerprint density at radius 3 is 2.19 bits per heavy atom. The van der Waals surface area contributed by atoms with Crippen LogP contribution in [-0.2, 0) is 21.9 Å². The molecule has 2 amide bonds. The molecular weight excluding hydrogens is 423 g/mol. The van der Waals surface area contributed by atoms with Crippen LogP contribution in [0.15, 0.2) is 42.5 Å². The Kier molecular flexibility index (Phi) is 10.2. The summed E-state index contributed by atoms with van der Waals surface area (Å²) in [6.07, 6.45) is 1.33. The van der Waals surface area contributed by atoms with E-state index in [-0.39, 0.29) is 36.0 Å². The van der Waals surface area contributed by atoms with Gasteiger partial charge in [-0.05, 0) is 56.9 Å². The zero-order valence-corrected chi connectivity index (χ0v) is 20.6. The maximum atomic E-state index is 13.4. The molecule has 0 aromatic heterocycles. The van der Waals surface area contributed by atoms with Gasteiger partial charge in [0.15, 0.2) is 0 Å². The van der Waals surface area contributed by atoms with Crippen LogP contribution in [-0.4, -0.2) is 34.6 Å². The Hall–Kier alpha value is -2.34. The summed E-state index contributed by atoms with van der Waals surface area (Å²) in [6.45, 7) is 10.3. The van der Waals surface area contributed by atoms with Gasteiger partial charge in [0.1, 0.15) is 11.9 Å². The van der Waals surface area contributed by atoms with Crippen molar-refractivity contribution in [3.8, 4) is 0 Å². The summed E-state index contributed by atoms with van der Waals surface area (Å²) in [7, 11) is 0. The van der Waals surface area contributed by atoms with Gasteiger partial charge in [-0.2, -0.15) is 0 Å². The summed E-state index contributed by atoms with van der Waals surface area (Å²) < 4.78 is 13.4. The lowest BCUT2D eigenvalue weighted by molar-refractivity contribution is -0.139. The Balaban J connectivity index is 2.14. The third-order valence-electron chi connectivity index (χ3n) is 5.43. The van der Waals surface area contributed by atoms with Crippen molar-refractivity contribution in [2.45, 2.75) is 71.8 Å². The van der Waals surface area contributed by atoms with Crippen molar-refractivity contribution in [3.63, 3.8) is 0 Å². The Morgan fingerprint density at radius 1 is 1.00 bits per heavy atom. The van der Waals surface area contributed by atoms with Crippen LogP contribution in [0, 0.1) is 19.7 Å².